The zero-order chi connectivity index (χ0) is 28.3. The van der Waals surface area contributed by atoms with Crippen molar-refractivity contribution in [2.45, 2.75) is 50.2 Å². The number of nitrogens with zero attached hydrogens (tertiary/aromatic N) is 5. The van der Waals surface area contributed by atoms with Crippen LogP contribution in [0.15, 0.2) is 64.5 Å². The van der Waals surface area contributed by atoms with Gasteiger partial charge in [-0.1, -0.05) is 35.1 Å². The number of benzene rings is 2. The molecule has 3 heterocycles. The zero-order valence-electron chi connectivity index (χ0n) is 22.5. The maximum atomic E-state index is 13.6. The lowest BCUT2D eigenvalue weighted by Gasteiger charge is -2.30. The topological polar surface area (TPSA) is 81.0 Å². The minimum absolute atomic E-state index is 0.196. The fourth-order valence-corrected chi connectivity index (χ4v) is 7.73. The van der Waals surface area contributed by atoms with E-state index in [9.17, 15) is 17.2 Å². The highest BCUT2D eigenvalue weighted by Crippen LogP contribution is 2.33. The third-order valence-electron chi connectivity index (χ3n) is 7.10. The number of aryl methyl sites for hydroxylation is 3. The van der Waals surface area contributed by atoms with Gasteiger partial charge in [-0.15, -0.1) is 20.5 Å². The lowest BCUT2D eigenvalue weighted by Crippen LogP contribution is -2.32. The fraction of sp³-hybridized carbons (Fsp3) is 0.345. The summed E-state index contributed by atoms with van der Waals surface area (Å²) >= 11 is 1.14. The van der Waals surface area contributed by atoms with Crippen molar-refractivity contribution in [1.29, 1.82) is 0 Å². The van der Waals surface area contributed by atoms with Crippen molar-refractivity contribution in [2.75, 3.05) is 19.6 Å². The van der Waals surface area contributed by atoms with Gasteiger partial charge >= 0.3 is 0 Å². The Labute approximate surface area is 237 Å². The van der Waals surface area contributed by atoms with Crippen LogP contribution in [0, 0.1) is 25.5 Å². The SMILES string of the molecule is Cc1nc(C)c(S(=O)(=O)n2cc(CCCCN3CCC(=C(c4ccc(F)cc4)c4ccc(F)cc4)CC3)nn2)s1. The van der Waals surface area contributed by atoms with Gasteiger partial charge < -0.3 is 4.90 Å². The smallest absolute Gasteiger partial charge is 0.295 e. The van der Waals surface area contributed by atoms with E-state index < -0.39 is 10.0 Å². The van der Waals surface area contributed by atoms with E-state index in [0.29, 0.717) is 22.8 Å². The van der Waals surface area contributed by atoms with Crippen molar-refractivity contribution < 1.29 is 17.2 Å². The van der Waals surface area contributed by atoms with Gasteiger partial charge in [0, 0.05) is 13.1 Å². The van der Waals surface area contributed by atoms with Gasteiger partial charge in [-0.25, -0.2) is 13.8 Å². The lowest BCUT2D eigenvalue weighted by atomic mass is 9.88. The minimum Gasteiger partial charge on any atom is -0.303 e. The van der Waals surface area contributed by atoms with Crippen LogP contribution >= 0.6 is 11.3 Å². The first-order chi connectivity index (χ1) is 19.2. The van der Waals surface area contributed by atoms with Crippen LogP contribution in [0.3, 0.4) is 0 Å². The summed E-state index contributed by atoms with van der Waals surface area (Å²) in [6.45, 7) is 6.20. The van der Waals surface area contributed by atoms with Crippen LogP contribution < -0.4 is 0 Å². The van der Waals surface area contributed by atoms with Crippen LogP contribution in [0.5, 0.6) is 0 Å². The lowest BCUT2D eigenvalue weighted by molar-refractivity contribution is 0.252. The molecule has 2 aromatic heterocycles. The highest BCUT2D eigenvalue weighted by Gasteiger charge is 2.25. The van der Waals surface area contributed by atoms with Gasteiger partial charge in [0.15, 0.2) is 4.21 Å². The molecule has 4 aromatic rings. The molecule has 1 fully saturated rings. The van der Waals surface area contributed by atoms with E-state index in [1.807, 2.05) is 0 Å². The number of likely N-dealkylation sites (tertiary alicyclic amines) is 1. The van der Waals surface area contributed by atoms with E-state index in [2.05, 4.69) is 20.2 Å². The molecule has 0 aliphatic carbocycles. The van der Waals surface area contributed by atoms with E-state index in [-0.39, 0.29) is 15.8 Å². The Bertz CT molecular complexity index is 1550. The van der Waals surface area contributed by atoms with Crippen LogP contribution in [0.1, 0.15) is 53.2 Å². The second-order valence-electron chi connectivity index (χ2n) is 9.98. The summed E-state index contributed by atoms with van der Waals surface area (Å²) in [6.07, 6.45) is 5.73. The number of rotatable bonds is 9. The van der Waals surface area contributed by atoms with E-state index in [1.165, 1.54) is 36.0 Å². The Morgan fingerprint density at radius 1 is 0.925 bits per heavy atom. The van der Waals surface area contributed by atoms with Gasteiger partial charge in [-0.05, 0) is 93.5 Å². The monoisotopic (exact) mass is 583 g/mol. The van der Waals surface area contributed by atoms with Crippen molar-refractivity contribution in [1.82, 2.24) is 24.3 Å². The Kier molecular flexibility index (Phi) is 8.53. The molecule has 1 aliphatic rings. The van der Waals surface area contributed by atoms with Gasteiger partial charge in [0.2, 0.25) is 0 Å². The quantitative estimate of drug-likeness (QED) is 0.232. The Morgan fingerprint density at radius 2 is 1.52 bits per heavy atom. The van der Waals surface area contributed by atoms with E-state index in [1.54, 1.807) is 38.1 Å². The number of piperidine rings is 1. The Hall–Kier alpha value is -3.28. The Morgan fingerprint density at radius 3 is 2.08 bits per heavy atom. The van der Waals surface area contributed by atoms with Crippen molar-refractivity contribution >= 4 is 26.9 Å². The molecule has 5 rings (SSSR count). The molecular weight excluding hydrogens is 552 g/mol. The number of unbranched alkanes of at least 4 members (excludes halogenated alkanes) is 1. The summed E-state index contributed by atoms with van der Waals surface area (Å²) in [5, 5.41) is 8.64. The second kappa shape index (κ2) is 12.1. The van der Waals surface area contributed by atoms with Crippen LogP contribution in [-0.4, -0.2) is 52.3 Å². The number of aromatic nitrogens is 4. The molecule has 11 heteroatoms. The molecule has 0 spiro atoms. The number of hydrogen-bond donors (Lipinski definition) is 0. The van der Waals surface area contributed by atoms with Crippen molar-refractivity contribution in [3.8, 4) is 0 Å². The average Bonchev–Trinajstić information content (AvgIpc) is 3.56. The third kappa shape index (κ3) is 6.37. The van der Waals surface area contributed by atoms with Gasteiger partial charge in [0.1, 0.15) is 11.6 Å². The first-order valence-corrected chi connectivity index (χ1v) is 15.5. The fourth-order valence-electron chi connectivity index (χ4n) is 5.10. The molecule has 0 unspecified atom stereocenters. The summed E-state index contributed by atoms with van der Waals surface area (Å²) in [5.74, 6) is -0.563. The molecule has 0 atom stereocenters. The summed E-state index contributed by atoms with van der Waals surface area (Å²) in [4.78, 5) is 6.63. The Balaban J connectivity index is 1.16. The first kappa shape index (κ1) is 28.3. The van der Waals surface area contributed by atoms with Crippen molar-refractivity contribution in [2.24, 2.45) is 0 Å². The standard InChI is InChI=1S/C29H31F2N5O2S2/c1-20-29(39-21(2)32-20)40(37,38)36-19-27(33-34-36)5-3-4-16-35-17-14-24(15-18-35)28(22-6-10-25(30)11-7-22)23-8-12-26(31)13-9-23/h6-13,19H,3-5,14-18H2,1-2H3. The molecule has 0 bridgehead atoms. The summed E-state index contributed by atoms with van der Waals surface area (Å²) in [5.41, 5.74) is 5.34. The molecule has 0 amide bonds. The molecule has 2 aromatic carbocycles. The van der Waals surface area contributed by atoms with Crippen molar-refractivity contribution in [3.63, 3.8) is 0 Å². The highest BCUT2D eigenvalue weighted by molar-refractivity contribution is 7.92. The third-order valence-corrected chi connectivity index (χ3v) is 10.3. The van der Waals surface area contributed by atoms with Crippen molar-refractivity contribution in [3.05, 3.63) is 99.5 Å². The van der Waals surface area contributed by atoms with Crippen LogP contribution in [-0.2, 0) is 16.4 Å². The van der Waals surface area contributed by atoms with E-state index in [4.69, 9.17) is 0 Å². The molecule has 0 N–H and O–H groups in total. The number of halogens is 2. The minimum atomic E-state index is -3.78. The molecule has 7 nitrogen and oxygen atoms in total. The predicted octanol–water partition coefficient (Wildman–Crippen LogP) is 5.79. The van der Waals surface area contributed by atoms with Crippen LogP contribution in [0.4, 0.5) is 8.78 Å². The van der Waals surface area contributed by atoms with Crippen LogP contribution in [0.2, 0.25) is 0 Å². The molecule has 1 aliphatic heterocycles. The summed E-state index contributed by atoms with van der Waals surface area (Å²) in [6, 6.07) is 13.0. The van der Waals surface area contributed by atoms with Gasteiger partial charge in [0.25, 0.3) is 10.0 Å². The predicted molar refractivity (Wildman–Crippen MR) is 152 cm³/mol. The molecule has 0 saturated carbocycles. The van der Waals surface area contributed by atoms with Gasteiger partial charge in [-0.2, -0.15) is 8.42 Å². The normalized spacial score (nSPS) is 14.6. The van der Waals surface area contributed by atoms with Crippen LogP contribution in [0.25, 0.3) is 5.57 Å². The molecule has 40 heavy (non-hydrogen) atoms. The van der Waals surface area contributed by atoms with E-state index in [0.717, 1.165) is 77.4 Å². The zero-order valence-corrected chi connectivity index (χ0v) is 24.1. The summed E-state index contributed by atoms with van der Waals surface area (Å²) < 4.78 is 54.1. The van der Waals surface area contributed by atoms with E-state index >= 15 is 0 Å². The molecular formula is C29H31F2N5O2S2. The first-order valence-electron chi connectivity index (χ1n) is 13.3. The molecule has 210 valence electrons. The second-order valence-corrected chi connectivity index (χ2v) is 13.2. The largest absolute Gasteiger partial charge is 0.303 e. The number of hydrogen-bond acceptors (Lipinski definition) is 7. The highest BCUT2D eigenvalue weighted by atomic mass is 32.2. The molecule has 0 radical (unpaired) electrons. The maximum absolute atomic E-state index is 13.6. The van der Waals surface area contributed by atoms with Gasteiger partial charge in [-0.3, -0.25) is 0 Å². The average molecular weight is 584 g/mol. The summed E-state index contributed by atoms with van der Waals surface area (Å²) in [7, 11) is -3.78. The number of thiazole rings is 1. The molecule has 1 saturated heterocycles. The maximum Gasteiger partial charge on any atom is 0.295 e. The van der Waals surface area contributed by atoms with Gasteiger partial charge in [0.05, 0.1) is 22.6 Å².